The standard InChI is InChI=1S/C4H11O5P/c1-3-4(5,6)10(7,8)9-2/h5-6H,3H2,1-2H3,(H,7,8). The molecule has 0 radical (unpaired) electrons. The van der Waals surface area contributed by atoms with Crippen LogP contribution in [0.15, 0.2) is 0 Å². The summed E-state index contributed by atoms with van der Waals surface area (Å²) in [5.41, 5.74) is -2.62. The highest BCUT2D eigenvalue weighted by molar-refractivity contribution is 7.54. The van der Waals surface area contributed by atoms with Crippen molar-refractivity contribution in [3.05, 3.63) is 0 Å². The van der Waals surface area contributed by atoms with Crippen molar-refractivity contribution >= 4 is 7.60 Å². The fourth-order valence-corrected chi connectivity index (χ4v) is 1.04. The first-order valence-corrected chi connectivity index (χ1v) is 4.28. The van der Waals surface area contributed by atoms with Crippen LogP contribution in [0.3, 0.4) is 0 Å². The molecule has 0 aromatic rings. The van der Waals surface area contributed by atoms with E-state index < -0.39 is 13.1 Å². The molecule has 3 N–H and O–H groups in total. The van der Waals surface area contributed by atoms with Crippen LogP contribution in [0.1, 0.15) is 13.3 Å². The van der Waals surface area contributed by atoms with Crippen LogP contribution in [0.2, 0.25) is 0 Å². The molecule has 1 unspecified atom stereocenters. The molecular formula is C4H11O5P. The Labute approximate surface area is 58.8 Å². The van der Waals surface area contributed by atoms with Gasteiger partial charge in [-0.15, -0.1) is 0 Å². The molecule has 0 bridgehead atoms. The highest BCUT2D eigenvalue weighted by atomic mass is 31.2. The lowest BCUT2D eigenvalue weighted by Crippen LogP contribution is -2.27. The fourth-order valence-electron chi connectivity index (χ4n) is 0.346. The predicted molar refractivity (Wildman–Crippen MR) is 34.3 cm³/mol. The Morgan fingerprint density at radius 3 is 2.10 bits per heavy atom. The van der Waals surface area contributed by atoms with Gasteiger partial charge in [-0.05, 0) is 0 Å². The molecule has 62 valence electrons. The molecule has 0 saturated carbocycles. The number of aliphatic hydroxyl groups is 2. The molecule has 0 aliphatic rings. The number of hydrogen-bond donors (Lipinski definition) is 3. The summed E-state index contributed by atoms with van der Waals surface area (Å²) in [4.78, 5) is 8.68. The monoisotopic (exact) mass is 170 g/mol. The first kappa shape index (κ1) is 10.1. The Balaban J connectivity index is 4.45. The van der Waals surface area contributed by atoms with Crippen LogP contribution in [0.4, 0.5) is 0 Å². The van der Waals surface area contributed by atoms with E-state index in [4.69, 9.17) is 15.1 Å². The van der Waals surface area contributed by atoms with Gasteiger partial charge in [-0.3, -0.25) is 4.57 Å². The van der Waals surface area contributed by atoms with Crippen molar-refractivity contribution in [2.24, 2.45) is 0 Å². The van der Waals surface area contributed by atoms with E-state index >= 15 is 0 Å². The van der Waals surface area contributed by atoms with Crippen molar-refractivity contribution < 1.29 is 24.2 Å². The first-order chi connectivity index (χ1) is 4.37. The molecule has 0 saturated heterocycles. The largest absolute Gasteiger partial charge is 0.386 e. The summed E-state index contributed by atoms with van der Waals surface area (Å²) >= 11 is 0. The topological polar surface area (TPSA) is 87.0 Å². The van der Waals surface area contributed by atoms with Gasteiger partial charge in [-0.1, -0.05) is 6.92 Å². The van der Waals surface area contributed by atoms with Crippen LogP contribution in [-0.2, 0) is 9.09 Å². The van der Waals surface area contributed by atoms with Crippen molar-refractivity contribution in [1.29, 1.82) is 0 Å². The molecule has 0 rings (SSSR count). The summed E-state index contributed by atoms with van der Waals surface area (Å²) in [5, 5.41) is 17.5. The zero-order valence-electron chi connectivity index (χ0n) is 5.81. The Hall–Kier alpha value is 0.0700. The van der Waals surface area contributed by atoms with Gasteiger partial charge in [-0.2, -0.15) is 0 Å². The van der Waals surface area contributed by atoms with Crippen LogP contribution in [-0.4, -0.2) is 27.7 Å². The third kappa shape index (κ3) is 1.78. The van der Waals surface area contributed by atoms with Gasteiger partial charge in [0.25, 0.3) is 5.53 Å². The van der Waals surface area contributed by atoms with E-state index in [1.165, 1.54) is 6.92 Å². The second-order valence-corrected chi connectivity index (χ2v) is 3.95. The van der Waals surface area contributed by atoms with Crippen molar-refractivity contribution in [3.8, 4) is 0 Å². The maximum atomic E-state index is 10.7. The van der Waals surface area contributed by atoms with Crippen LogP contribution in [0, 0.1) is 0 Å². The van der Waals surface area contributed by atoms with E-state index in [1.54, 1.807) is 0 Å². The Morgan fingerprint density at radius 2 is 2.00 bits per heavy atom. The lowest BCUT2D eigenvalue weighted by Gasteiger charge is -2.23. The second kappa shape index (κ2) is 2.98. The molecule has 0 aliphatic heterocycles. The summed E-state index contributed by atoms with van der Waals surface area (Å²) in [6, 6.07) is 0. The van der Waals surface area contributed by atoms with Crippen molar-refractivity contribution in [1.82, 2.24) is 0 Å². The normalized spacial score (nSPS) is 18.5. The van der Waals surface area contributed by atoms with E-state index in [0.717, 1.165) is 7.11 Å². The number of hydrogen-bond acceptors (Lipinski definition) is 4. The molecule has 0 fully saturated rings. The summed E-state index contributed by atoms with van der Waals surface area (Å²) in [5.74, 6) is 0. The maximum Gasteiger partial charge on any atom is 0.386 e. The van der Waals surface area contributed by atoms with E-state index in [-0.39, 0.29) is 6.42 Å². The van der Waals surface area contributed by atoms with Gasteiger partial charge in [0.2, 0.25) is 0 Å². The molecule has 0 spiro atoms. The minimum absolute atomic E-state index is 0.255. The molecule has 5 nitrogen and oxygen atoms in total. The predicted octanol–water partition coefficient (Wildman–Crippen LogP) is -0.133. The average Bonchev–Trinajstić information content (AvgIpc) is 1.88. The Bertz CT molecular complexity index is 154. The van der Waals surface area contributed by atoms with Crippen LogP contribution < -0.4 is 0 Å². The SMILES string of the molecule is CCC(O)(O)P(=O)(O)OC. The van der Waals surface area contributed by atoms with Crippen LogP contribution in [0.25, 0.3) is 0 Å². The van der Waals surface area contributed by atoms with E-state index in [9.17, 15) is 4.57 Å². The van der Waals surface area contributed by atoms with E-state index in [1.807, 2.05) is 0 Å². The van der Waals surface area contributed by atoms with Gasteiger partial charge in [-0.25, -0.2) is 0 Å². The van der Waals surface area contributed by atoms with Crippen molar-refractivity contribution in [2.45, 2.75) is 18.9 Å². The fraction of sp³-hybridized carbons (Fsp3) is 1.00. The van der Waals surface area contributed by atoms with E-state index in [2.05, 4.69) is 4.52 Å². The molecule has 0 heterocycles. The van der Waals surface area contributed by atoms with Crippen LogP contribution in [0.5, 0.6) is 0 Å². The zero-order chi connectivity index (χ0) is 8.41. The van der Waals surface area contributed by atoms with Gasteiger partial charge < -0.3 is 19.6 Å². The Morgan fingerprint density at radius 1 is 1.60 bits per heavy atom. The minimum Gasteiger partial charge on any atom is -0.356 e. The van der Waals surface area contributed by atoms with E-state index in [0.29, 0.717) is 0 Å². The molecule has 0 aromatic heterocycles. The highest BCUT2D eigenvalue weighted by Crippen LogP contribution is 2.53. The molecule has 6 heteroatoms. The van der Waals surface area contributed by atoms with Gasteiger partial charge in [0.15, 0.2) is 0 Å². The van der Waals surface area contributed by atoms with Gasteiger partial charge in [0.1, 0.15) is 0 Å². The molecule has 10 heavy (non-hydrogen) atoms. The third-order valence-corrected chi connectivity index (χ3v) is 2.89. The summed E-state index contributed by atoms with van der Waals surface area (Å²) in [6.07, 6.45) is -0.255. The molecule has 0 aromatic carbocycles. The molecule has 0 amide bonds. The average molecular weight is 170 g/mol. The quantitative estimate of drug-likeness (QED) is 0.405. The molecule has 0 aliphatic carbocycles. The summed E-state index contributed by atoms with van der Waals surface area (Å²) in [7, 11) is -3.32. The number of rotatable bonds is 3. The summed E-state index contributed by atoms with van der Waals surface area (Å²) < 4.78 is 14.7. The van der Waals surface area contributed by atoms with Gasteiger partial charge >= 0.3 is 7.60 Å². The lowest BCUT2D eigenvalue weighted by molar-refractivity contribution is -0.107. The van der Waals surface area contributed by atoms with Crippen molar-refractivity contribution in [2.75, 3.05) is 7.11 Å². The smallest absolute Gasteiger partial charge is 0.356 e. The summed E-state index contributed by atoms with van der Waals surface area (Å²) in [6.45, 7) is 1.36. The maximum absolute atomic E-state index is 10.7. The Kier molecular flexibility index (Phi) is 3.00. The minimum atomic E-state index is -4.27. The zero-order valence-corrected chi connectivity index (χ0v) is 6.71. The third-order valence-electron chi connectivity index (χ3n) is 1.17. The highest BCUT2D eigenvalue weighted by Gasteiger charge is 2.43. The van der Waals surface area contributed by atoms with Gasteiger partial charge in [0.05, 0.1) is 0 Å². The second-order valence-electron chi connectivity index (χ2n) is 1.83. The molecular weight excluding hydrogens is 159 g/mol. The lowest BCUT2D eigenvalue weighted by atomic mass is 10.5. The van der Waals surface area contributed by atoms with Gasteiger partial charge in [0, 0.05) is 13.5 Å². The van der Waals surface area contributed by atoms with Crippen molar-refractivity contribution in [3.63, 3.8) is 0 Å². The first-order valence-electron chi connectivity index (χ1n) is 2.70. The molecule has 1 atom stereocenters. The van der Waals surface area contributed by atoms with Crippen LogP contribution >= 0.6 is 7.60 Å².